The number of hydrogen-bond donors (Lipinski definition) is 1. The van der Waals surface area contributed by atoms with E-state index < -0.39 is 30.6 Å². The van der Waals surface area contributed by atoms with Gasteiger partial charge in [0.15, 0.2) is 5.76 Å². The third-order valence-corrected chi connectivity index (χ3v) is 3.73. The average molecular weight is 332 g/mol. The maximum absolute atomic E-state index is 12.5. The fourth-order valence-corrected chi connectivity index (χ4v) is 2.63. The van der Waals surface area contributed by atoms with Crippen molar-refractivity contribution in [3.8, 4) is 0 Å². The zero-order chi connectivity index (χ0) is 17.2. The Labute approximate surface area is 131 Å². The number of alkyl halides is 3. The molecule has 5 nitrogen and oxygen atoms in total. The van der Waals surface area contributed by atoms with E-state index in [4.69, 9.17) is 4.42 Å². The lowest BCUT2D eigenvalue weighted by Crippen LogP contribution is -2.54. The number of rotatable bonds is 4. The summed E-state index contributed by atoms with van der Waals surface area (Å²) in [6.07, 6.45) is -2.35. The van der Waals surface area contributed by atoms with Crippen molar-refractivity contribution in [2.75, 3.05) is 13.1 Å². The lowest BCUT2D eigenvalue weighted by atomic mass is 10.0. The van der Waals surface area contributed by atoms with Crippen LogP contribution in [-0.2, 0) is 4.79 Å². The molecule has 0 aliphatic carbocycles. The van der Waals surface area contributed by atoms with Gasteiger partial charge < -0.3 is 14.6 Å². The normalized spacial score (nSPS) is 19.3. The van der Waals surface area contributed by atoms with Gasteiger partial charge in [-0.2, -0.15) is 13.2 Å². The second kappa shape index (κ2) is 6.64. The first kappa shape index (κ1) is 17.4. The van der Waals surface area contributed by atoms with Crippen LogP contribution in [0.15, 0.2) is 16.7 Å². The maximum atomic E-state index is 12.5. The highest BCUT2D eigenvalue weighted by Crippen LogP contribution is 2.23. The van der Waals surface area contributed by atoms with E-state index in [9.17, 15) is 22.8 Å². The molecule has 0 aromatic carbocycles. The third kappa shape index (κ3) is 4.27. The molecule has 1 saturated heterocycles. The number of carbonyl (C=O) groups excluding carboxylic acids is 2. The Hall–Kier alpha value is -1.99. The standard InChI is InChI=1S/C15H19F3N2O3/c1-9(2)10-5-7-23-12(10)13(21)19-11-4-3-6-20(14(11)22)8-15(16,17)18/h5,7,9,11H,3-4,6,8H2,1-2H3,(H,19,21). The highest BCUT2D eigenvalue weighted by molar-refractivity contribution is 5.96. The fourth-order valence-electron chi connectivity index (χ4n) is 2.63. The molecule has 2 heterocycles. The minimum absolute atomic E-state index is 0.0444. The van der Waals surface area contributed by atoms with Crippen molar-refractivity contribution < 1.29 is 27.2 Å². The molecule has 23 heavy (non-hydrogen) atoms. The summed E-state index contributed by atoms with van der Waals surface area (Å²) >= 11 is 0. The first-order valence-corrected chi connectivity index (χ1v) is 7.43. The molecule has 0 saturated carbocycles. The molecule has 1 N–H and O–H groups in total. The average Bonchev–Trinajstić information content (AvgIpc) is 2.91. The predicted octanol–water partition coefficient (Wildman–Crippen LogP) is 2.69. The predicted molar refractivity (Wildman–Crippen MR) is 75.9 cm³/mol. The molecule has 1 aromatic rings. The van der Waals surface area contributed by atoms with Gasteiger partial charge in [-0.1, -0.05) is 13.8 Å². The van der Waals surface area contributed by atoms with Gasteiger partial charge in [0.25, 0.3) is 5.91 Å². The zero-order valence-corrected chi connectivity index (χ0v) is 12.9. The molecular weight excluding hydrogens is 313 g/mol. The van der Waals surface area contributed by atoms with Crippen molar-refractivity contribution in [3.05, 3.63) is 23.7 Å². The lowest BCUT2D eigenvalue weighted by molar-refractivity contribution is -0.164. The summed E-state index contributed by atoms with van der Waals surface area (Å²) in [5.41, 5.74) is 0.693. The van der Waals surface area contributed by atoms with Crippen LogP contribution in [0, 0.1) is 0 Å². The van der Waals surface area contributed by atoms with Crippen LogP contribution in [0.5, 0.6) is 0 Å². The topological polar surface area (TPSA) is 62.6 Å². The van der Waals surface area contributed by atoms with Crippen LogP contribution in [0.2, 0.25) is 0 Å². The summed E-state index contributed by atoms with van der Waals surface area (Å²) in [7, 11) is 0. The molecule has 1 atom stereocenters. The van der Waals surface area contributed by atoms with Crippen LogP contribution in [0.4, 0.5) is 13.2 Å². The number of nitrogens with one attached hydrogen (secondary N) is 1. The largest absolute Gasteiger partial charge is 0.459 e. The van der Waals surface area contributed by atoms with E-state index in [2.05, 4.69) is 5.32 Å². The first-order valence-electron chi connectivity index (χ1n) is 7.43. The smallest absolute Gasteiger partial charge is 0.406 e. The van der Waals surface area contributed by atoms with Gasteiger partial charge in [0.2, 0.25) is 5.91 Å². The van der Waals surface area contributed by atoms with Gasteiger partial charge >= 0.3 is 6.18 Å². The molecule has 128 valence electrons. The van der Waals surface area contributed by atoms with Gasteiger partial charge in [0.05, 0.1) is 6.26 Å². The molecule has 1 aliphatic heterocycles. The Kier molecular flexibility index (Phi) is 5.01. The van der Waals surface area contributed by atoms with Crippen LogP contribution in [-0.4, -0.2) is 42.0 Å². The van der Waals surface area contributed by atoms with Crippen LogP contribution in [0.25, 0.3) is 0 Å². The van der Waals surface area contributed by atoms with E-state index in [1.165, 1.54) is 6.26 Å². The van der Waals surface area contributed by atoms with E-state index in [1.807, 2.05) is 13.8 Å². The molecule has 0 spiro atoms. The Morgan fingerprint density at radius 2 is 2.17 bits per heavy atom. The minimum atomic E-state index is -4.45. The van der Waals surface area contributed by atoms with Gasteiger partial charge in [-0.25, -0.2) is 0 Å². The van der Waals surface area contributed by atoms with Crippen LogP contribution < -0.4 is 5.32 Å². The highest BCUT2D eigenvalue weighted by Gasteiger charge is 2.38. The molecule has 1 fully saturated rings. The SMILES string of the molecule is CC(C)c1ccoc1C(=O)NC1CCCN(CC(F)(F)F)C1=O. The van der Waals surface area contributed by atoms with Crippen LogP contribution >= 0.6 is 0 Å². The molecule has 1 unspecified atom stereocenters. The van der Waals surface area contributed by atoms with Gasteiger partial charge in [0, 0.05) is 12.1 Å². The second-order valence-electron chi connectivity index (χ2n) is 5.90. The number of nitrogens with zero attached hydrogens (tertiary/aromatic N) is 1. The van der Waals surface area contributed by atoms with E-state index in [0.717, 1.165) is 4.90 Å². The van der Waals surface area contributed by atoms with Gasteiger partial charge in [-0.15, -0.1) is 0 Å². The van der Waals surface area contributed by atoms with E-state index in [-0.39, 0.29) is 18.2 Å². The Balaban J connectivity index is 2.05. The van der Waals surface area contributed by atoms with E-state index in [0.29, 0.717) is 18.4 Å². The number of carbonyl (C=O) groups is 2. The van der Waals surface area contributed by atoms with Gasteiger partial charge in [-0.05, 0) is 24.8 Å². The van der Waals surface area contributed by atoms with Crippen LogP contribution in [0.3, 0.4) is 0 Å². The molecule has 2 rings (SSSR count). The zero-order valence-electron chi connectivity index (χ0n) is 12.9. The molecule has 8 heteroatoms. The minimum Gasteiger partial charge on any atom is -0.459 e. The molecule has 0 bridgehead atoms. The third-order valence-electron chi connectivity index (χ3n) is 3.73. The van der Waals surface area contributed by atoms with Crippen molar-refractivity contribution in [3.63, 3.8) is 0 Å². The van der Waals surface area contributed by atoms with Crippen molar-refractivity contribution in [1.29, 1.82) is 0 Å². The second-order valence-corrected chi connectivity index (χ2v) is 5.90. The summed E-state index contributed by atoms with van der Waals surface area (Å²) in [6, 6.07) is 0.710. The molecule has 1 aromatic heterocycles. The summed E-state index contributed by atoms with van der Waals surface area (Å²) in [6.45, 7) is 2.52. The van der Waals surface area contributed by atoms with Crippen LogP contribution in [0.1, 0.15) is 48.7 Å². The number of hydrogen-bond acceptors (Lipinski definition) is 3. The summed E-state index contributed by atoms with van der Waals surface area (Å²) in [4.78, 5) is 25.1. The Morgan fingerprint density at radius 1 is 1.48 bits per heavy atom. The van der Waals surface area contributed by atoms with Crippen molar-refractivity contribution >= 4 is 11.8 Å². The van der Waals surface area contributed by atoms with Crippen molar-refractivity contribution in [1.82, 2.24) is 10.2 Å². The fraction of sp³-hybridized carbons (Fsp3) is 0.600. The molecule has 0 radical (unpaired) electrons. The summed E-state index contributed by atoms with van der Waals surface area (Å²) < 4.78 is 42.6. The van der Waals surface area contributed by atoms with Gasteiger partial charge in [-0.3, -0.25) is 9.59 Å². The number of furan rings is 1. The molecule has 2 amide bonds. The maximum Gasteiger partial charge on any atom is 0.406 e. The van der Waals surface area contributed by atoms with E-state index in [1.54, 1.807) is 6.07 Å². The number of piperidine rings is 1. The summed E-state index contributed by atoms with van der Waals surface area (Å²) in [5, 5.41) is 2.49. The monoisotopic (exact) mass is 332 g/mol. The number of likely N-dealkylation sites (tertiary alicyclic amines) is 1. The Bertz CT molecular complexity index is 581. The van der Waals surface area contributed by atoms with E-state index >= 15 is 0 Å². The lowest BCUT2D eigenvalue weighted by Gasteiger charge is -2.33. The highest BCUT2D eigenvalue weighted by atomic mass is 19.4. The summed E-state index contributed by atoms with van der Waals surface area (Å²) in [5.74, 6) is -1.13. The number of amides is 2. The quantitative estimate of drug-likeness (QED) is 0.922. The number of halogens is 3. The first-order chi connectivity index (χ1) is 10.7. The molecule has 1 aliphatic rings. The van der Waals surface area contributed by atoms with Crippen molar-refractivity contribution in [2.45, 2.75) is 44.8 Å². The van der Waals surface area contributed by atoms with Gasteiger partial charge in [0.1, 0.15) is 12.6 Å². The Morgan fingerprint density at radius 3 is 2.78 bits per heavy atom. The van der Waals surface area contributed by atoms with Crippen molar-refractivity contribution in [2.24, 2.45) is 0 Å². The molecular formula is C15H19F3N2O3.